The molecular formula is C22H26N4OS. The lowest BCUT2D eigenvalue weighted by Crippen LogP contribution is -2.48. The third-order valence-electron chi connectivity index (χ3n) is 5.75. The Labute approximate surface area is 170 Å². The van der Waals surface area contributed by atoms with Crippen LogP contribution in [0.3, 0.4) is 0 Å². The van der Waals surface area contributed by atoms with Gasteiger partial charge in [0.25, 0.3) is 0 Å². The van der Waals surface area contributed by atoms with Gasteiger partial charge in [-0.2, -0.15) is 0 Å². The lowest BCUT2D eigenvalue weighted by molar-refractivity contribution is 0.164. The van der Waals surface area contributed by atoms with Crippen LogP contribution in [-0.2, 0) is 4.74 Å². The number of rotatable bonds is 4. The molecule has 3 aromatic rings. The Balaban J connectivity index is 1.37. The van der Waals surface area contributed by atoms with E-state index < -0.39 is 0 Å². The van der Waals surface area contributed by atoms with Crippen molar-refractivity contribution in [1.82, 2.24) is 14.9 Å². The standard InChI is InChI=1S/C22H26N4OS/c1-16-23-21(26-10-8-25(9-11-26)14-17-7-12-27-15-17)19-13-20(28-22(19)24-16)18-5-3-2-4-6-18/h2-6,13,17H,7-12,14-15H2,1H3. The SMILES string of the molecule is Cc1nc(N2CCN(CC3CCOC3)CC2)c2cc(-c3ccccc3)sc2n1. The number of anilines is 1. The van der Waals surface area contributed by atoms with E-state index in [9.17, 15) is 0 Å². The lowest BCUT2D eigenvalue weighted by atomic mass is 10.1. The molecule has 0 amide bonds. The van der Waals surface area contributed by atoms with Crippen molar-refractivity contribution in [3.05, 3.63) is 42.2 Å². The molecule has 1 unspecified atom stereocenters. The van der Waals surface area contributed by atoms with Crippen molar-refractivity contribution in [2.24, 2.45) is 5.92 Å². The summed E-state index contributed by atoms with van der Waals surface area (Å²) in [6.07, 6.45) is 1.21. The molecule has 0 aliphatic carbocycles. The minimum absolute atomic E-state index is 0.713. The first-order valence-electron chi connectivity index (χ1n) is 10.1. The summed E-state index contributed by atoms with van der Waals surface area (Å²) in [5.41, 5.74) is 1.25. The van der Waals surface area contributed by atoms with Gasteiger partial charge in [0.15, 0.2) is 0 Å². The Morgan fingerprint density at radius 1 is 1.11 bits per heavy atom. The van der Waals surface area contributed by atoms with Gasteiger partial charge >= 0.3 is 0 Å². The number of aryl methyl sites for hydroxylation is 1. The van der Waals surface area contributed by atoms with Crippen molar-refractivity contribution in [3.63, 3.8) is 0 Å². The van der Waals surface area contributed by atoms with Crippen LogP contribution in [0, 0.1) is 12.8 Å². The highest BCUT2D eigenvalue weighted by atomic mass is 32.1. The highest BCUT2D eigenvalue weighted by Crippen LogP contribution is 2.36. The average Bonchev–Trinajstić information content (AvgIpc) is 3.38. The van der Waals surface area contributed by atoms with E-state index in [1.165, 1.54) is 28.8 Å². The number of hydrogen-bond acceptors (Lipinski definition) is 6. The molecule has 0 spiro atoms. The van der Waals surface area contributed by atoms with Crippen LogP contribution in [0.1, 0.15) is 12.2 Å². The second-order valence-corrected chi connectivity index (χ2v) is 8.84. The van der Waals surface area contributed by atoms with Crippen LogP contribution < -0.4 is 4.90 Å². The number of thiophene rings is 1. The zero-order chi connectivity index (χ0) is 18.9. The predicted octanol–water partition coefficient (Wildman–Crippen LogP) is 3.83. The zero-order valence-electron chi connectivity index (χ0n) is 16.3. The van der Waals surface area contributed by atoms with E-state index in [1.807, 2.05) is 6.92 Å². The molecule has 1 aromatic carbocycles. The zero-order valence-corrected chi connectivity index (χ0v) is 17.1. The first kappa shape index (κ1) is 18.0. The second kappa shape index (κ2) is 7.78. The van der Waals surface area contributed by atoms with Crippen molar-refractivity contribution >= 4 is 27.4 Å². The summed E-state index contributed by atoms with van der Waals surface area (Å²) in [5, 5.41) is 1.19. The molecule has 4 heterocycles. The summed E-state index contributed by atoms with van der Waals surface area (Å²) in [6.45, 7) is 9.27. The number of piperazine rings is 1. The minimum Gasteiger partial charge on any atom is -0.381 e. The van der Waals surface area contributed by atoms with Crippen LogP contribution in [0.4, 0.5) is 5.82 Å². The first-order valence-corrected chi connectivity index (χ1v) is 11.0. The monoisotopic (exact) mass is 394 g/mol. The Hall–Kier alpha value is -2.02. The third kappa shape index (κ3) is 3.64. The molecule has 5 rings (SSSR count). The average molecular weight is 395 g/mol. The predicted molar refractivity (Wildman–Crippen MR) is 115 cm³/mol. The molecule has 6 heteroatoms. The van der Waals surface area contributed by atoms with E-state index in [1.54, 1.807) is 11.3 Å². The number of ether oxygens (including phenoxy) is 1. The van der Waals surface area contributed by atoms with Gasteiger partial charge in [-0.15, -0.1) is 11.3 Å². The van der Waals surface area contributed by atoms with Crippen LogP contribution in [0.5, 0.6) is 0 Å². The molecule has 0 N–H and O–H groups in total. The minimum atomic E-state index is 0.713. The Bertz CT molecular complexity index is 944. The van der Waals surface area contributed by atoms with Gasteiger partial charge in [-0.1, -0.05) is 30.3 Å². The highest BCUT2D eigenvalue weighted by Gasteiger charge is 2.25. The Kier molecular flexibility index (Phi) is 5.01. The van der Waals surface area contributed by atoms with Gasteiger partial charge < -0.3 is 9.64 Å². The summed E-state index contributed by atoms with van der Waals surface area (Å²) >= 11 is 1.76. The molecule has 2 aromatic heterocycles. The fourth-order valence-corrected chi connectivity index (χ4v) is 5.31. The van der Waals surface area contributed by atoms with E-state index >= 15 is 0 Å². The maximum absolute atomic E-state index is 5.54. The van der Waals surface area contributed by atoms with E-state index in [0.29, 0.717) is 5.92 Å². The van der Waals surface area contributed by atoms with E-state index in [4.69, 9.17) is 14.7 Å². The maximum Gasteiger partial charge on any atom is 0.141 e. The van der Waals surface area contributed by atoms with Crippen LogP contribution in [-0.4, -0.2) is 60.8 Å². The summed E-state index contributed by atoms with van der Waals surface area (Å²) in [5.74, 6) is 2.67. The number of benzene rings is 1. The Morgan fingerprint density at radius 2 is 1.93 bits per heavy atom. The number of hydrogen-bond donors (Lipinski definition) is 0. The van der Waals surface area contributed by atoms with E-state index in [0.717, 1.165) is 55.9 Å². The molecule has 0 saturated carbocycles. The molecule has 1 atom stereocenters. The van der Waals surface area contributed by atoms with Crippen LogP contribution >= 0.6 is 11.3 Å². The summed E-state index contributed by atoms with van der Waals surface area (Å²) in [4.78, 5) is 16.9. The fraction of sp³-hybridized carbons (Fsp3) is 0.455. The summed E-state index contributed by atoms with van der Waals surface area (Å²) in [7, 11) is 0. The van der Waals surface area contributed by atoms with Crippen molar-refractivity contribution in [2.45, 2.75) is 13.3 Å². The molecule has 2 aliphatic rings. The van der Waals surface area contributed by atoms with Gasteiger partial charge in [0, 0.05) is 44.2 Å². The highest BCUT2D eigenvalue weighted by molar-refractivity contribution is 7.21. The molecule has 2 aliphatic heterocycles. The van der Waals surface area contributed by atoms with Crippen LogP contribution in [0.15, 0.2) is 36.4 Å². The lowest BCUT2D eigenvalue weighted by Gasteiger charge is -2.36. The fourth-order valence-electron chi connectivity index (χ4n) is 4.23. The summed E-state index contributed by atoms with van der Waals surface area (Å²) < 4.78 is 5.54. The number of aromatic nitrogens is 2. The molecule has 2 fully saturated rings. The molecule has 28 heavy (non-hydrogen) atoms. The van der Waals surface area contributed by atoms with Gasteiger partial charge in [-0.25, -0.2) is 9.97 Å². The van der Waals surface area contributed by atoms with Crippen LogP contribution in [0.25, 0.3) is 20.7 Å². The molecule has 0 bridgehead atoms. The summed E-state index contributed by atoms with van der Waals surface area (Å²) in [6, 6.07) is 12.8. The van der Waals surface area contributed by atoms with Gasteiger partial charge in [0.2, 0.25) is 0 Å². The van der Waals surface area contributed by atoms with Crippen molar-refractivity contribution in [1.29, 1.82) is 0 Å². The topological polar surface area (TPSA) is 41.5 Å². The molecule has 146 valence electrons. The molecule has 5 nitrogen and oxygen atoms in total. The smallest absolute Gasteiger partial charge is 0.141 e. The van der Waals surface area contributed by atoms with E-state index in [2.05, 4.69) is 46.2 Å². The van der Waals surface area contributed by atoms with Gasteiger partial charge in [0.1, 0.15) is 16.5 Å². The number of fused-ring (bicyclic) bond motifs is 1. The van der Waals surface area contributed by atoms with Gasteiger partial charge in [0.05, 0.1) is 12.0 Å². The largest absolute Gasteiger partial charge is 0.381 e. The molecule has 0 radical (unpaired) electrons. The first-order chi connectivity index (χ1) is 13.8. The molecular weight excluding hydrogens is 368 g/mol. The van der Waals surface area contributed by atoms with Crippen molar-refractivity contribution in [2.75, 3.05) is 50.8 Å². The van der Waals surface area contributed by atoms with Gasteiger partial charge in [-0.3, -0.25) is 4.90 Å². The van der Waals surface area contributed by atoms with Crippen molar-refractivity contribution < 1.29 is 4.74 Å². The number of nitrogens with zero attached hydrogens (tertiary/aromatic N) is 4. The van der Waals surface area contributed by atoms with E-state index in [-0.39, 0.29) is 0 Å². The maximum atomic E-state index is 5.54. The van der Waals surface area contributed by atoms with Crippen molar-refractivity contribution in [3.8, 4) is 10.4 Å². The third-order valence-corrected chi connectivity index (χ3v) is 6.83. The molecule has 2 saturated heterocycles. The normalized spacial score (nSPS) is 20.9. The van der Waals surface area contributed by atoms with Crippen LogP contribution in [0.2, 0.25) is 0 Å². The second-order valence-electron chi connectivity index (χ2n) is 7.81. The van der Waals surface area contributed by atoms with Gasteiger partial charge in [-0.05, 0) is 30.9 Å². The quantitative estimate of drug-likeness (QED) is 0.673. The Morgan fingerprint density at radius 3 is 2.68 bits per heavy atom.